The molecule has 0 unspecified atom stereocenters. The van der Waals surface area contributed by atoms with Crippen molar-refractivity contribution in [2.45, 2.75) is 40.0 Å². The minimum absolute atomic E-state index is 0.140. The molecular weight excluding hydrogens is 282 g/mol. The Morgan fingerprint density at radius 2 is 1.95 bits per heavy atom. The number of thiazole rings is 1. The number of ether oxygens (including phenoxy) is 1. The molecule has 0 bridgehead atoms. The van der Waals surface area contributed by atoms with E-state index in [1.807, 2.05) is 13.8 Å². The van der Waals surface area contributed by atoms with Crippen LogP contribution in [0.25, 0.3) is 10.6 Å². The van der Waals surface area contributed by atoms with Crippen molar-refractivity contribution in [1.29, 1.82) is 0 Å². The van der Waals surface area contributed by atoms with Crippen LogP contribution in [0.1, 0.15) is 36.4 Å². The number of hydrogen-bond acceptors (Lipinski definition) is 4. The number of rotatable bonds is 6. The number of carbonyl (C=O) groups excluding carboxylic acids is 1. The van der Waals surface area contributed by atoms with Gasteiger partial charge in [0.25, 0.3) is 0 Å². The van der Waals surface area contributed by atoms with Gasteiger partial charge in [-0.2, -0.15) is 0 Å². The summed E-state index contributed by atoms with van der Waals surface area (Å²) in [5.74, 6) is -0.140. The van der Waals surface area contributed by atoms with E-state index in [-0.39, 0.29) is 5.97 Å². The Kier molecular flexibility index (Phi) is 5.51. The van der Waals surface area contributed by atoms with Gasteiger partial charge < -0.3 is 4.74 Å². The fourth-order valence-corrected chi connectivity index (χ4v) is 3.18. The van der Waals surface area contributed by atoms with Gasteiger partial charge >= 0.3 is 5.97 Å². The summed E-state index contributed by atoms with van der Waals surface area (Å²) in [7, 11) is 0. The minimum Gasteiger partial charge on any atom is -0.466 e. The molecule has 112 valence electrons. The summed E-state index contributed by atoms with van der Waals surface area (Å²) in [6.07, 6.45) is 2.17. The van der Waals surface area contributed by atoms with Crippen molar-refractivity contribution in [3.05, 3.63) is 40.4 Å². The summed E-state index contributed by atoms with van der Waals surface area (Å²) in [5, 5.41) is 1.02. The van der Waals surface area contributed by atoms with Crippen LogP contribution in [0.2, 0.25) is 0 Å². The fourth-order valence-electron chi connectivity index (χ4n) is 2.12. The Labute approximate surface area is 130 Å². The summed E-state index contributed by atoms with van der Waals surface area (Å²) in [6, 6.07) is 8.52. The lowest BCUT2D eigenvalue weighted by atomic mass is 10.1. The molecule has 21 heavy (non-hydrogen) atoms. The Hall–Kier alpha value is -1.68. The lowest BCUT2D eigenvalue weighted by molar-refractivity contribution is -0.143. The summed E-state index contributed by atoms with van der Waals surface area (Å²) < 4.78 is 4.97. The number of carbonyl (C=O) groups is 1. The first-order valence-electron chi connectivity index (χ1n) is 7.35. The smallest absolute Gasteiger partial charge is 0.306 e. The molecule has 2 aromatic rings. The van der Waals surface area contributed by atoms with E-state index >= 15 is 0 Å². The van der Waals surface area contributed by atoms with Gasteiger partial charge in [0.05, 0.1) is 18.7 Å². The average Bonchev–Trinajstić information content (AvgIpc) is 2.87. The molecule has 2 rings (SSSR count). The zero-order valence-electron chi connectivity index (χ0n) is 12.8. The van der Waals surface area contributed by atoms with Gasteiger partial charge in [-0.1, -0.05) is 31.2 Å². The quantitative estimate of drug-likeness (QED) is 0.752. The maximum atomic E-state index is 11.4. The molecule has 0 radical (unpaired) electrons. The van der Waals surface area contributed by atoms with Crippen LogP contribution >= 0.6 is 11.3 Å². The molecule has 0 aliphatic heterocycles. The number of esters is 1. The highest BCUT2D eigenvalue weighted by molar-refractivity contribution is 7.15. The summed E-state index contributed by atoms with van der Waals surface area (Å²) >= 11 is 1.67. The van der Waals surface area contributed by atoms with Crippen molar-refractivity contribution in [3.63, 3.8) is 0 Å². The Balaban J connectivity index is 2.09. The second-order valence-corrected chi connectivity index (χ2v) is 5.97. The third kappa shape index (κ3) is 4.14. The maximum absolute atomic E-state index is 11.4. The molecule has 0 spiro atoms. The molecule has 1 aromatic carbocycles. The van der Waals surface area contributed by atoms with Crippen molar-refractivity contribution in [2.24, 2.45) is 0 Å². The molecule has 1 heterocycles. The fraction of sp³-hybridized carbons (Fsp3) is 0.412. The van der Waals surface area contributed by atoms with E-state index in [1.54, 1.807) is 11.3 Å². The van der Waals surface area contributed by atoms with Crippen molar-refractivity contribution < 1.29 is 9.53 Å². The lowest BCUT2D eigenvalue weighted by Crippen LogP contribution is -2.04. The van der Waals surface area contributed by atoms with E-state index in [9.17, 15) is 4.79 Å². The zero-order chi connectivity index (χ0) is 15.2. The average molecular weight is 303 g/mol. The third-order valence-corrected chi connectivity index (χ3v) is 4.63. The standard InChI is InChI=1S/C17H21NO2S/c1-4-13-6-8-14(9-7-13)17-18-12(3)15(21-17)10-11-16(19)20-5-2/h6-9H,4-5,10-11H2,1-3H3. The first kappa shape index (κ1) is 15.7. The number of nitrogens with zero attached hydrogens (tertiary/aromatic N) is 1. The predicted molar refractivity (Wildman–Crippen MR) is 86.6 cm³/mol. The van der Waals surface area contributed by atoms with Crippen LogP contribution in [0.3, 0.4) is 0 Å². The summed E-state index contributed by atoms with van der Waals surface area (Å²) in [5.41, 5.74) is 3.48. The molecule has 0 amide bonds. The Bertz CT molecular complexity index is 602. The monoisotopic (exact) mass is 303 g/mol. The molecule has 0 saturated carbocycles. The van der Waals surface area contributed by atoms with E-state index in [0.717, 1.165) is 27.6 Å². The number of benzene rings is 1. The topological polar surface area (TPSA) is 39.2 Å². The SMILES string of the molecule is CCOC(=O)CCc1sc(-c2ccc(CC)cc2)nc1C. The van der Waals surface area contributed by atoms with Gasteiger partial charge in [0.2, 0.25) is 0 Å². The second kappa shape index (κ2) is 7.36. The molecule has 0 aliphatic carbocycles. The number of hydrogen-bond donors (Lipinski definition) is 0. The van der Waals surface area contributed by atoms with E-state index in [2.05, 4.69) is 36.2 Å². The van der Waals surface area contributed by atoms with Crippen LogP contribution in [-0.2, 0) is 22.4 Å². The second-order valence-electron chi connectivity index (χ2n) is 4.88. The van der Waals surface area contributed by atoms with E-state index in [0.29, 0.717) is 19.4 Å². The van der Waals surface area contributed by atoms with Gasteiger partial charge in [0.15, 0.2) is 0 Å². The summed E-state index contributed by atoms with van der Waals surface area (Å²) in [6.45, 7) is 6.42. The van der Waals surface area contributed by atoms with Gasteiger partial charge in [0, 0.05) is 10.4 Å². The van der Waals surface area contributed by atoms with Crippen molar-refractivity contribution in [3.8, 4) is 10.6 Å². The molecular formula is C17H21NO2S. The van der Waals surface area contributed by atoms with Crippen LogP contribution in [0.4, 0.5) is 0 Å². The lowest BCUT2D eigenvalue weighted by Gasteiger charge is -2.00. The first-order chi connectivity index (χ1) is 10.1. The molecule has 4 heteroatoms. The van der Waals surface area contributed by atoms with E-state index in [4.69, 9.17) is 4.74 Å². The highest BCUT2D eigenvalue weighted by atomic mass is 32.1. The summed E-state index contributed by atoms with van der Waals surface area (Å²) in [4.78, 5) is 17.2. The molecule has 1 aromatic heterocycles. The minimum atomic E-state index is -0.140. The Morgan fingerprint density at radius 1 is 1.24 bits per heavy atom. The normalized spacial score (nSPS) is 10.6. The van der Waals surface area contributed by atoms with Crippen molar-refractivity contribution in [2.75, 3.05) is 6.61 Å². The Morgan fingerprint density at radius 3 is 2.57 bits per heavy atom. The number of aryl methyl sites for hydroxylation is 3. The van der Waals surface area contributed by atoms with Gasteiger partial charge in [0.1, 0.15) is 5.01 Å². The van der Waals surface area contributed by atoms with Crippen LogP contribution in [-0.4, -0.2) is 17.6 Å². The molecule has 0 atom stereocenters. The van der Waals surface area contributed by atoms with Gasteiger partial charge in [-0.15, -0.1) is 11.3 Å². The molecule has 0 aliphatic rings. The highest BCUT2D eigenvalue weighted by Crippen LogP contribution is 2.29. The van der Waals surface area contributed by atoms with Crippen LogP contribution in [0, 0.1) is 6.92 Å². The van der Waals surface area contributed by atoms with E-state index in [1.165, 1.54) is 5.56 Å². The van der Waals surface area contributed by atoms with Gasteiger partial charge in [-0.3, -0.25) is 4.79 Å². The predicted octanol–water partition coefficient (Wildman–Crippen LogP) is 4.18. The van der Waals surface area contributed by atoms with Crippen molar-refractivity contribution >= 4 is 17.3 Å². The first-order valence-corrected chi connectivity index (χ1v) is 8.17. The molecule has 0 fully saturated rings. The van der Waals surface area contributed by atoms with Gasteiger partial charge in [-0.25, -0.2) is 4.98 Å². The van der Waals surface area contributed by atoms with Crippen molar-refractivity contribution in [1.82, 2.24) is 4.98 Å². The maximum Gasteiger partial charge on any atom is 0.306 e. The van der Waals surface area contributed by atoms with Crippen LogP contribution in [0.15, 0.2) is 24.3 Å². The largest absolute Gasteiger partial charge is 0.466 e. The zero-order valence-corrected chi connectivity index (χ0v) is 13.6. The van der Waals surface area contributed by atoms with E-state index < -0.39 is 0 Å². The molecule has 0 saturated heterocycles. The highest BCUT2D eigenvalue weighted by Gasteiger charge is 2.11. The van der Waals surface area contributed by atoms with Gasteiger partial charge in [-0.05, 0) is 32.3 Å². The van der Waals surface area contributed by atoms with Crippen LogP contribution in [0.5, 0.6) is 0 Å². The third-order valence-electron chi connectivity index (χ3n) is 3.36. The number of aromatic nitrogens is 1. The molecule has 0 N–H and O–H groups in total. The molecule has 3 nitrogen and oxygen atoms in total. The van der Waals surface area contributed by atoms with Crippen LogP contribution < -0.4 is 0 Å².